The molecule has 4 aliphatic carbocycles. The molecule has 11 atom stereocenters. The van der Waals surface area contributed by atoms with Gasteiger partial charge in [0.25, 0.3) is 0 Å². The molecule has 5 aliphatic rings. The fourth-order valence-corrected chi connectivity index (χ4v) is 11.9. The topological polar surface area (TPSA) is 436 Å². The van der Waals surface area contributed by atoms with Crippen molar-refractivity contribution in [2.45, 2.75) is 198 Å². The van der Waals surface area contributed by atoms with E-state index in [-0.39, 0.29) is 88.4 Å². The molecule has 1 aliphatic heterocycles. The van der Waals surface area contributed by atoms with Crippen molar-refractivity contribution in [1.82, 2.24) is 53.2 Å². The van der Waals surface area contributed by atoms with Crippen LogP contribution < -0.4 is 76.1 Å². The van der Waals surface area contributed by atoms with Crippen molar-refractivity contribution < 1.29 is 58.2 Å². The van der Waals surface area contributed by atoms with Gasteiger partial charge in [0.05, 0.1) is 12.2 Å². The lowest BCUT2D eigenvalue weighted by Gasteiger charge is -2.56. The fraction of sp³-hybridized carbons (Fsp3) is 0.808. The Labute approximate surface area is 457 Å². The van der Waals surface area contributed by atoms with Gasteiger partial charge >= 0.3 is 0 Å². The summed E-state index contributed by atoms with van der Waals surface area (Å²) in [6.07, 6.45) is 2.79. The molecule has 10 amide bonds. The molecule has 0 spiro atoms. The third-order valence-electron chi connectivity index (χ3n) is 15.2. The lowest BCUT2D eigenvalue weighted by Crippen LogP contribution is -2.61. The molecule has 78 heavy (non-hydrogen) atoms. The largest absolute Gasteiger partial charge is 0.391 e. The van der Waals surface area contributed by atoms with Gasteiger partial charge in [0, 0.05) is 13.0 Å². The number of amides is 10. The summed E-state index contributed by atoms with van der Waals surface area (Å²) in [7, 11) is 0. The maximum atomic E-state index is 14.4. The van der Waals surface area contributed by atoms with Crippen LogP contribution in [0.25, 0.3) is 0 Å². The van der Waals surface area contributed by atoms with Crippen molar-refractivity contribution in [2.75, 3.05) is 32.7 Å². The lowest BCUT2D eigenvalue weighted by molar-refractivity contribution is -0.138. The molecule has 1 heterocycles. The number of hydrogen-bond donors (Lipinski definition) is 16. The molecule has 20 N–H and O–H groups in total. The summed E-state index contributed by atoms with van der Waals surface area (Å²) < 4.78 is 0. The summed E-state index contributed by atoms with van der Waals surface area (Å²) in [5.41, 5.74) is 23.4. The first kappa shape index (κ1) is 65.0. The van der Waals surface area contributed by atoms with Crippen molar-refractivity contribution in [3.8, 4) is 0 Å². The minimum atomic E-state index is -1.64. The van der Waals surface area contributed by atoms with Crippen molar-refractivity contribution in [1.29, 1.82) is 0 Å². The Morgan fingerprint density at radius 2 is 0.987 bits per heavy atom. The van der Waals surface area contributed by atoms with Crippen molar-refractivity contribution in [3.63, 3.8) is 0 Å². The van der Waals surface area contributed by atoms with Crippen LogP contribution in [-0.4, -0.2) is 169 Å². The van der Waals surface area contributed by atoms with E-state index in [0.717, 1.165) is 19.3 Å². The second-order valence-corrected chi connectivity index (χ2v) is 23.2. The smallest absolute Gasteiger partial charge is 0.245 e. The Morgan fingerprint density at radius 3 is 1.40 bits per heavy atom. The van der Waals surface area contributed by atoms with Crippen molar-refractivity contribution in [3.05, 3.63) is 0 Å². The van der Waals surface area contributed by atoms with Gasteiger partial charge in [-0.25, -0.2) is 0 Å². The molecule has 442 valence electrons. The van der Waals surface area contributed by atoms with E-state index in [2.05, 4.69) is 53.2 Å². The maximum Gasteiger partial charge on any atom is 0.245 e. The Hall–Kier alpha value is -5.54. The highest BCUT2D eigenvalue weighted by atomic mass is 16.3. The van der Waals surface area contributed by atoms with E-state index in [1.807, 2.05) is 0 Å². The summed E-state index contributed by atoms with van der Waals surface area (Å²) >= 11 is 0. The van der Waals surface area contributed by atoms with E-state index >= 15 is 0 Å². The highest BCUT2D eigenvalue weighted by Gasteiger charge is 2.52. The van der Waals surface area contributed by atoms with Crippen LogP contribution in [0.5, 0.6) is 0 Å². The number of nitrogens with one attached hydrogen (secondary N) is 10. The van der Waals surface area contributed by atoms with Gasteiger partial charge in [0.1, 0.15) is 54.4 Å². The molecule has 0 unspecified atom stereocenters. The van der Waals surface area contributed by atoms with Crippen LogP contribution in [0.1, 0.15) is 131 Å². The predicted octanol–water partition coefficient (Wildman–Crippen LogP) is -4.28. The highest BCUT2D eigenvalue weighted by molar-refractivity contribution is 5.99. The molecule has 4 saturated carbocycles. The molecule has 4 bridgehead atoms. The van der Waals surface area contributed by atoms with Crippen LogP contribution in [0.3, 0.4) is 0 Å². The molecular formula is C52H92N14O12. The third-order valence-corrected chi connectivity index (χ3v) is 15.2. The quantitative estimate of drug-likeness (QED) is 0.0517. The van der Waals surface area contributed by atoms with E-state index in [4.69, 9.17) is 22.9 Å². The zero-order valence-electron chi connectivity index (χ0n) is 46.5. The Balaban J connectivity index is 1.66. The SMILES string of the molecule is CC(C)C[C@@H]1NC(=O)[C@@H](CC(C)C)NC(=O)[C@H](CCN)NC(=O)[C@@H](NC(=O)[C@H](CCN)NC(=O)[C@@H](NC(=O)CC23CC4CC(CC(C4)C2)C3)[C@@H](C)O)CCNC(=O)[C@H]([C@@H](C)O)NC(=O)[C@H](CCN)NC(=O)[C@H](CCN)NC1=O. The Kier molecular flexibility index (Phi) is 25.6. The minimum Gasteiger partial charge on any atom is -0.391 e. The van der Waals surface area contributed by atoms with Crippen LogP contribution in [0.4, 0.5) is 0 Å². The number of hydrogen-bond acceptors (Lipinski definition) is 16. The number of nitrogens with two attached hydrogens (primary N) is 4. The Bertz CT molecular complexity index is 2060. The first-order valence-corrected chi connectivity index (χ1v) is 28.0. The number of carbonyl (C=O) groups excluding carboxylic acids is 10. The van der Waals surface area contributed by atoms with Gasteiger partial charge < -0.3 is 86.3 Å². The highest BCUT2D eigenvalue weighted by Crippen LogP contribution is 2.61. The standard InChI is InChI=1S/C52H92N14O12/c1-26(2)17-38-48(75)60-33(7-12-53)43(70)59-36(10-15-56)47(74)66-41(28(5)67)50(77)57-16-11-37(46(73)58-34(8-13-54)45(72)63-39(18-27(3)4)49(76)64-38)61-44(71)35(9-14-55)62-51(78)42(29(6)68)65-40(69)25-52-22-30-19-31(23-52)21-32(20-30)24-52/h26-39,41-42,67-68H,7-25,53-56H2,1-6H3,(H,57,77)(H,58,73)(H,59,70)(H,60,75)(H,61,71)(H,62,78)(H,63,72)(H,64,76)(H,65,69)(H,66,74)/t28-,29-,30?,31?,32?,33+,34+,35+,36+,37+,38+,39-,41+,42+,52?/m1/s1. The van der Waals surface area contributed by atoms with Crippen LogP contribution in [0.15, 0.2) is 0 Å². The molecule has 0 aromatic heterocycles. The van der Waals surface area contributed by atoms with Crippen LogP contribution in [-0.2, 0) is 47.9 Å². The predicted molar refractivity (Wildman–Crippen MR) is 287 cm³/mol. The molecule has 5 rings (SSSR count). The maximum absolute atomic E-state index is 14.4. The van der Waals surface area contributed by atoms with Crippen LogP contribution in [0, 0.1) is 35.0 Å². The van der Waals surface area contributed by atoms with Gasteiger partial charge in [-0.1, -0.05) is 27.7 Å². The van der Waals surface area contributed by atoms with Gasteiger partial charge in [-0.15, -0.1) is 0 Å². The van der Waals surface area contributed by atoms with E-state index in [1.165, 1.54) is 33.1 Å². The number of rotatable bonds is 21. The van der Waals surface area contributed by atoms with Gasteiger partial charge in [-0.05, 0) is 159 Å². The molecule has 0 aromatic carbocycles. The average molecular weight is 1110 g/mol. The lowest BCUT2D eigenvalue weighted by atomic mass is 9.49. The van der Waals surface area contributed by atoms with E-state index < -0.39 is 139 Å². The summed E-state index contributed by atoms with van der Waals surface area (Å²) in [4.78, 5) is 140. The summed E-state index contributed by atoms with van der Waals surface area (Å²) in [6, 6.07) is -12.8. The third kappa shape index (κ3) is 19.4. The average Bonchev–Trinajstić information content (AvgIpc) is 3.44. The molecular weight excluding hydrogens is 1010 g/mol. The van der Waals surface area contributed by atoms with Crippen molar-refractivity contribution in [2.24, 2.45) is 57.9 Å². The van der Waals surface area contributed by atoms with Crippen LogP contribution in [0.2, 0.25) is 0 Å². The van der Waals surface area contributed by atoms with E-state index in [9.17, 15) is 58.2 Å². The summed E-state index contributed by atoms with van der Waals surface area (Å²) in [5, 5.41) is 47.5. The molecule has 26 heteroatoms. The van der Waals surface area contributed by atoms with Crippen LogP contribution >= 0.6 is 0 Å². The first-order chi connectivity index (χ1) is 36.8. The summed E-state index contributed by atoms with van der Waals surface area (Å²) in [6.45, 7) is 8.86. The minimum absolute atomic E-state index is 0.0708. The van der Waals surface area contributed by atoms with Gasteiger partial charge in [0.15, 0.2) is 0 Å². The van der Waals surface area contributed by atoms with E-state index in [0.29, 0.717) is 17.8 Å². The number of aliphatic hydroxyl groups excluding tert-OH is 2. The second kappa shape index (κ2) is 30.7. The zero-order chi connectivity index (χ0) is 58.0. The van der Waals surface area contributed by atoms with Gasteiger partial charge in [-0.2, -0.15) is 0 Å². The fourth-order valence-electron chi connectivity index (χ4n) is 11.9. The zero-order valence-corrected chi connectivity index (χ0v) is 46.5. The number of carbonyl (C=O) groups is 10. The van der Waals surface area contributed by atoms with Gasteiger partial charge in [-0.3, -0.25) is 47.9 Å². The first-order valence-electron chi connectivity index (χ1n) is 28.0. The molecule has 26 nitrogen and oxygen atoms in total. The molecule has 0 aromatic rings. The normalized spacial score (nSPS) is 30.3. The van der Waals surface area contributed by atoms with Crippen molar-refractivity contribution >= 4 is 59.1 Å². The van der Waals surface area contributed by atoms with E-state index in [1.54, 1.807) is 27.7 Å². The molecule has 1 saturated heterocycles. The summed E-state index contributed by atoms with van der Waals surface area (Å²) in [5.74, 6) is -6.90. The molecule has 5 fully saturated rings. The second-order valence-electron chi connectivity index (χ2n) is 23.2. The molecule has 0 radical (unpaired) electrons. The monoisotopic (exact) mass is 1100 g/mol. The number of aliphatic hydroxyl groups is 2. The van der Waals surface area contributed by atoms with Gasteiger partial charge in [0.2, 0.25) is 59.1 Å². The Morgan fingerprint density at radius 1 is 0.564 bits per heavy atom.